The summed E-state index contributed by atoms with van der Waals surface area (Å²) in [5.74, 6) is 0.968. The van der Waals surface area contributed by atoms with Crippen molar-refractivity contribution in [2.75, 3.05) is 6.54 Å². The topological polar surface area (TPSA) is 91.0 Å². The van der Waals surface area contributed by atoms with Crippen LogP contribution in [0.3, 0.4) is 0 Å². The quantitative estimate of drug-likeness (QED) is 0.614. The molecule has 1 saturated carbocycles. The lowest BCUT2D eigenvalue weighted by atomic mass is 9.99. The molecule has 0 unspecified atom stereocenters. The van der Waals surface area contributed by atoms with Crippen molar-refractivity contribution in [2.45, 2.75) is 18.3 Å². The van der Waals surface area contributed by atoms with Gasteiger partial charge in [0.1, 0.15) is 17.5 Å². The maximum Gasteiger partial charge on any atom is 0.263 e. The fourth-order valence-corrected chi connectivity index (χ4v) is 3.32. The Bertz CT molecular complexity index is 1060. The molecule has 5 rings (SSSR count). The van der Waals surface area contributed by atoms with Crippen molar-refractivity contribution >= 4 is 10.8 Å². The zero-order valence-corrected chi connectivity index (χ0v) is 13.5. The molecule has 2 aromatic carbocycles. The standard InChI is InChI=1S/C19H16N4O2/c20-11-19(8-9-19)16-15(10-24-22-16)18-21-17(23-25-18)14-7-3-5-12-4-1-2-6-13(12)14/h1-7,10H,8-9,11,20H2. The Morgan fingerprint density at radius 1 is 1.00 bits per heavy atom. The van der Waals surface area contributed by atoms with Gasteiger partial charge in [-0.2, -0.15) is 4.98 Å². The van der Waals surface area contributed by atoms with E-state index in [1.807, 2.05) is 24.3 Å². The second-order valence-corrected chi connectivity index (χ2v) is 6.51. The summed E-state index contributed by atoms with van der Waals surface area (Å²) in [6, 6.07) is 14.2. The van der Waals surface area contributed by atoms with Gasteiger partial charge in [0.2, 0.25) is 5.82 Å². The molecule has 0 amide bonds. The van der Waals surface area contributed by atoms with Gasteiger partial charge in [-0.3, -0.25) is 0 Å². The third kappa shape index (κ3) is 2.18. The van der Waals surface area contributed by atoms with Crippen LogP contribution in [0.4, 0.5) is 0 Å². The van der Waals surface area contributed by atoms with Crippen molar-refractivity contribution in [3.63, 3.8) is 0 Å². The number of nitrogens with zero attached hydrogens (tertiary/aromatic N) is 3. The number of fused-ring (bicyclic) bond motifs is 1. The van der Waals surface area contributed by atoms with Crippen LogP contribution in [0.15, 0.2) is 57.8 Å². The van der Waals surface area contributed by atoms with E-state index in [1.165, 1.54) is 0 Å². The zero-order valence-electron chi connectivity index (χ0n) is 13.5. The molecule has 6 nitrogen and oxygen atoms in total. The summed E-state index contributed by atoms with van der Waals surface area (Å²) in [6.07, 6.45) is 3.58. The van der Waals surface area contributed by atoms with Gasteiger partial charge >= 0.3 is 0 Å². The lowest BCUT2D eigenvalue weighted by Gasteiger charge is -2.08. The Morgan fingerprint density at radius 3 is 2.68 bits per heavy atom. The number of rotatable bonds is 4. The van der Waals surface area contributed by atoms with Crippen LogP contribution in [0.5, 0.6) is 0 Å². The van der Waals surface area contributed by atoms with E-state index >= 15 is 0 Å². The van der Waals surface area contributed by atoms with Crippen LogP contribution in [-0.2, 0) is 5.41 Å². The van der Waals surface area contributed by atoms with Crippen molar-refractivity contribution in [1.29, 1.82) is 0 Å². The van der Waals surface area contributed by atoms with Crippen molar-refractivity contribution in [3.05, 3.63) is 54.4 Å². The highest BCUT2D eigenvalue weighted by Gasteiger charge is 2.47. The summed E-state index contributed by atoms with van der Waals surface area (Å²) in [5, 5.41) is 10.5. The van der Waals surface area contributed by atoms with E-state index in [0.717, 1.165) is 40.4 Å². The lowest BCUT2D eigenvalue weighted by Crippen LogP contribution is -2.20. The van der Waals surface area contributed by atoms with Crippen LogP contribution < -0.4 is 5.73 Å². The molecule has 2 N–H and O–H groups in total. The largest absolute Gasteiger partial charge is 0.364 e. The van der Waals surface area contributed by atoms with Crippen LogP contribution in [0.25, 0.3) is 33.6 Å². The van der Waals surface area contributed by atoms with E-state index in [2.05, 4.69) is 33.5 Å². The average molecular weight is 332 g/mol. The van der Waals surface area contributed by atoms with Crippen LogP contribution >= 0.6 is 0 Å². The van der Waals surface area contributed by atoms with Gasteiger partial charge in [0.25, 0.3) is 5.89 Å². The van der Waals surface area contributed by atoms with Gasteiger partial charge in [-0.05, 0) is 23.6 Å². The minimum Gasteiger partial charge on any atom is -0.364 e. The summed E-state index contributed by atoms with van der Waals surface area (Å²) in [5.41, 5.74) is 8.31. The first-order chi connectivity index (χ1) is 12.3. The molecule has 0 atom stereocenters. The Hall–Kier alpha value is -2.99. The monoisotopic (exact) mass is 332 g/mol. The summed E-state index contributed by atoms with van der Waals surface area (Å²) < 4.78 is 10.7. The first-order valence-electron chi connectivity index (χ1n) is 8.28. The first-order valence-corrected chi connectivity index (χ1v) is 8.28. The second kappa shape index (κ2) is 5.26. The normalized spacial score (nSPS) is 15.6. The highest BCUT2D eigenvalue weighted by Crippen LogP contribution is 2.49. The first kappa shape index (κ1) is 14.4. The molecule has 25 heavy (non-hydrogen) atoms. The smallest absolute Gasteiger partial charge is 0.263 e. The van der Waals surface area contributed by atoms with E-state index in [9.17, 15) is 0 Å². The lowest BCUT2D eigenvalue weighted by molar-refractivity contribution is 0.402. The van der Waals surface area contributed by atoms with Gasteiger partial charge in [-0.15, -0.1) is 0 Å². The molecule has 4 aromatic rings. The Morgan fingerprint density at radius 2 is 1.84 bits per heavy atom. The number of nitrogens with two attached hydrogens (primary N) is 1. The Balaban J connectivity index is 1.60. The molecular weight excluding hydrogens is 316 g/mol. The minimum absolute atomic E-state index is 0.101. The van der Waals surface area contributed by atoms with Crippen molar-refractivity contribution < 1.29 is 9.05 Å². The molecule has 0 saturated heterocycles. The maximum absolute atomic E-state index is 5.92. The summed E-state index contributed by atoms with van der Waals surface area (Å²) in [4.78, 5) is 4.59. The summed E-state index contributed by atoms with van der Waals surface area (Å²) >= 11 is 0. The Labute approximate surface area is 143 Å². The molecular formula is C19H16N4O2. The number of hydrogen-bond acceptors (Lipinski definition) is 6. The van der Waals surface area contributed by atoms with Crippen LogP contribution in [-0.4, -0.2) is 21.8 Å². The third-order valence-corrected chi connectivity index (χ3v) is 5.00. The SMILES string of the molecule is NCC1(c2nocc2-c2nc(-c3cccc4ccccc34)no2)CC1. The summed E-state index contributed by atoms with van der Waals surface area (Å²) in [6.45, 7) is 0.539. The van der Waals surface area contributed by atoms with Crippen LogP contribution in [0.1, 0.15) is 18.5 Å². The van der Waals surface area contributed by atoms with Gasteiger partial charge in [0.15, 0.2) is 0 Å². The zero-order chi connectivity index (χ0) is 16.9. The van der Waals surface area contributed by atoms with Crippen LogP contribution in [0, 0.1) is 0 Å². The molecule has 1 aliphatic carbocycles. The molecule has 1 aliphatic rings. The molecule has 124 valence electrons. The van der Waals surface area contributed by atoms with Gasteiger partial charge in [-0.1, -0.05) is 52.8 Å². The minimum atomic E-state index is -0.101. The second-order valence-electron chi connectivity index (χ2n) is 6.51. The van der Waals surface area contributed by atoms with Gasteiger partial charge in [0.05, 0.1) is 0 Å². The molecule has 0 bridgehead atoms. The maximum atomic E-state index is 5.92. The highest BCUT2D eigenvalue weighted by molar-refractivity contribution is 5.95. The van der Waals surface area contributed by atoms with Gasteiger partial charge in [-0.25, -0.2) is 0 Å². The van der Waals surface area contributed by atoms with Crippen molar-refractivity contribution in [2.24, 2.45) is 5.73 Å². The molecule has 2 aromatic heterocycles. The number of benzene rings is 2. The molecule has 0 aliphatic heterocycles. The van der Waals surface area contributed by atoms with E-state index in [0.29, 0.717) is 18.3 Å². The summed E-state index contributed by atoms with van der Waals surface area (Å²) in [7, 11) is 0. The highest BCUT2D eigenvalue weighted by atomic mass is 16.5. The van der Waals surface area contributed by atoms with E-state index in [4.69, 9.17) is 14.8 Å². The fraction of sp³-hybridized carbons (Fsp3) is 0.211. The number of aromatic nitrogens is 3. The molecule has 6 heteroatoms. The molecule has 0 radical (unpaired) electrons. The Kier molecular flexibility index (Phi) is 3.02. The van der Waals surface area contributed by atoms with E-state index in [1.54, 1.807) is 6.26 Å². The average Bonchev–Trinajstić information content (AvgIpc) is 3.08. The number of hydrogen-bond donors (Lipinski definition) is 1. The molecule has 1 fully saturated rings. The van der Waals surface area contributed by atoms with Crippen LogP contribution in [0.2, 0.25) is 0 Å². The fourth-order valence-electron chi connectivity index (χ4n) is 3.32. The third-order valence-electron chi connectivity index (χ3n) is 5.00. The van der Waals surface area contributed by atoms with Crippen molar-refractivity contribution in [1.82, 2.24) is 15.3 Å². The predicted octanol–water partition coefficient (Wildman–Crippen LogP) is 3.54. The molecule has 2 heterocycles. The van der Waals surface area contributed by atoms with E-state index in [-0.39, 0.29) is 5.41 Å². The van der Waals surface area contributed by atoms with Crippen molar-refractivity contribution in [3.8, 4) is 22.8 Å². The van der Waals surface area contributed by atoms with E-state index < -0.39 is 0 Å². The predicted molar refractivity (Wildman–Crippen MR) is 92.7 cm³/mol. The van der Waals surface area contributed by atoms with Gasteiger partial charge in [0, 0.05) is 17.5 Å². The van der Waals surface area contributed by atoms with Gasteiger partial charge < -0.3 is 14.8 Å². The molecule has 0 spiro atoms.